The van der Waals surface area contributed by atoms with E-state index in [-0.39, 0.29) is 0 Å². The molecule has 6 N–H and O–H groups in total. The van der Waals surface area contributed by atoms with Crippen LogP contribution in [-0.4, -0.2) is 39.4 Å². The maximum absolute atomic E-state index is 11.5. The van der Waals surface area contributed by atoms with Gasteiger partial charge in [0.1, 0.15) is 0 Å². The van der Waals surface area contributed by atoms with Crippen LogP contribution >= 0.6 is 8.25 Å². The third kappa shape index (κ3) is 3.98. The molecule has 10 heteroatoms. The molecule has 16 heavy (non-hydrogen) atoms. The van der Waals surface area contributed by atoms with E-state index in [1.807, 2.05) is 0 Å². The Balaban J connectivity index is 1.66. The summed E-state index contributed by atoms with van der Waals surface area (Å²) >= 11 is 0. The van der Waals surface area contributed by atoms with Crippen molar-refractivity contribution in [2.75, 3.05) is 26.7 Å². The summed E-state index contributed by atoms with van der Waals surface area (Å²) in [5.74, 6) is 0. The van der Waals surface area contributed by atoms with E-state index in [1.54, 1.807) is 0 Å². The standard InChI is InChI=1S/C6H16N6O3P/c13-16(14-5-9-1-7-2-10-5)15-6-11-3-8-4-12-6/h5-12H,1-4H2/q+1. The molecule has 0 aromatic rings. The minimum atomic E-state index is -2.18. The van der Waals surface area contributed by atoms with Crippen molar-refractivity contribution in [3.63, 3.8) is 0 Å². The highest BCUT2D eigenvalue weighted by Gasteiger charge is 2.32. The van der Waals surface area contributed by atoms with Gasteiger partial charge < -0.3 is 0 Å². The molecule has 2 aliphatic rings. The Labute approximate surface area is 94.0 Å². The van der Waals surface area contributed by atoms with Gasteiger partial charge in [0.15, 0.2) is 0 Å². The molecule has 0 bridgehead atoms. The van der Waals surface area contributed by atoms with Crippen LogP contribution in [0.5, 0.6) is 0 Å². The molecule has 9 nitrogen and oxygen atoms in total. The second kappa shape index (κ2) is 6.50. The second-order valence-electron chi connectivity index (χ2n) is 3.22. The molecule has 2 fully saturated rings. The van der Waals surface area contributed by atoms with Gasteiger partial charge in [0.2, 0.25) is 12.7 Å². The second-order valence-corrected chi connectivity index (χ2v) is 4.09. The summed E-state index contributed by atoms with van der Waals surface area (Å²) in [6, 6.07) is 0. The molecule has 0 atom stereocenters. The first-order chi connectivity index (χ1) is 7.84. The van der Waals surface area contributed by atoms with Crippen LogP contribution in [0.2, 0.25) is 0 Å². The fourth-order valence-electron chi connectivity index (χ4n) is 1.27. The molecule has 0 aromatic heterocycles. The largest absolute Gasteiger partial charge is 0.703 e. The van der Waals surface area contributed by atoms with Crippen molar-refractivity contribution in [2.24, 2.45) is 0 Å². The molecule has 0 spiro atoms. The summed E-state index contributed by atoms with van der Waals surface area (Å²) in [7, 11) is -2.18. The molecular formula is C6H16N6O3P+. The van der Waals surface area contributed by atoms with Crippen LogP contribution in [0.1, 0.15) is 0 Å². The average Bonchev–Trinajstić information content (AvgIpc) is 2.31. The Morgan fingerprint density at radius 3 is 1.56 bits per heavy atom. The first kappa shape index (κ1) is 12.2. The fourth-order valence-corrected chi connectivity index (χ4v) is 1.97. The molecule has 2 rings (SSSR count). The van der Waals surface area contributed by atoms with Gasteiger partial charge in [0, 0.05) is 31.2 Å². The van der Waals surface area contributed by atoms with E-state index in [0.717, 1.165) is 0 Å². The summed E-state index contributed by atoms with van der Waals surface area (Å²) in [6.07, 6.45) is -0.904. The lowest BCUT2D eigenvalue weighted by atomic mass is 10.7. The van der Waals surface area contributed by atoms with Crippen LogP contribution in [0.15, 0.2) is 0 Å². The summed E-state index contributed by atoms with van der Waals surface area (Å²) in [6.45, 7) is 2.41. The van der Waals surface area contributed by atoms with Crippen molar-refractivity contribution in [2.45, 2.75) is 12.7 Å². The summed E-state index contributed by atoms with van der Waals surface area (Å²) in [4.78, 5) is 0. The third-order valence-electron chi connectivity index (χ3n) is 2.03. The predicted octanol–water partition coefficient (Wildman–Crippen LogP) is -2.36. The molecule has 2 saturated heterocycles. The van der Waals surface area contributed by atoms with Crippen molar-refractivity contribution in [1.82, 2.24) is 31.9 Å². The van der Waals surface area contributed by atoms with Gasteiger partial charge in [-0.2, -0.15) is 0 Å². The Kier molecular flexibility index (Phi) is 4.97. The van der Waals surface area contributed by atoms with Gasteiger partial charge in [-0.15, -0.1) is 0 Å². The molecular weight excluding hydrogens is 235 g/mol. The van der Waals surface area contributed by atoms with Gasteiger partial charge in [-0.1, -0.05) is 9.05 Å². The zero-order valence-corrected chi connectivity index (χ0v) is 9.55. The van der Waals surface area contributed by atoms with Crippen molar-refractivity contribution < 1.29 is 13.6 Å². The Hall–Kier alpha value is -0.220. The lowest BCUT2D eigenvalue weighted by molar-refractivity contribution is 0.0470. The van der Waals surface area contributed by atoms with Crippen LogP contribution in [0.25, 0.3) is 0 Å². The van der Waals surface area contributed by atoms with Crippen molar-refractivity contribution in [1.29, 1.82) is 0 Å². The van der Waals surface area contributed by atoms with E-state index in [0.29, 0.717) is 26.7 Å². The van der Waals surface area contributed by atoms with Crippen molar-refractivity contribution in [3.05, 3.63) is 0 Å². The molecule has 2 aliphatic heterocycles. The molecule has 0 amide bonds. The highest BCUT2D eigenvalue weighted by atomic mass is 31.1. The molecule has 0 saturated carbocycles. The minimum Gasteiger partial charge on any atom is -0.292 e. The lowest BCUT2D eigenvalue weighted by Crippen LogP contribution is -2.57. The van der Waals surface area contributed by atoms with Gasteiger partial charge in [-0.05, 0) is 0 Å². The van der Waals surface area contributed by atoms with E-state index in [9.17, 15) is 4.57 Å². The maximum Gasteiger partial charge on any atom is 0.703 e. The normalized spacial score (nSPS) is 24.5. The molecule has 0 aromatic carbocycles. The molecule has 0 unspecified atom stereocenters. The van der Waals surface area contributed by atoms with Gasteiger partial charge in [-0.3, -0.25) is 31.9 Å². The first-order valence-corrected chi connectivity index (χ1v) is 6.10. The van der Waals surface area contributed by atoms with Crippen LogP contribution in [0.3, 0.4) is 0 Å². The highest BCUT2D eigenvalue weighted by molar-refractivity contribution is 7.33. The van der Waals surface area contributed by atoms with Crippen molar-refractivity contribution in [3.8, 4) is 0 Å². The fraction of sp³-hybridized carbons (Fsp3) is 1.00. The molecule has 0 aliphatic carbocycles. The summed E-state index contributed by atoms with van der Waals surface area (Å²) in [5, 5.41) is 17.7. The smallest absolute Gasteiger partial charge is 0.292 e. The zero-order chi connectivity index (χ0) is 11.2. The van der Waals surface area contributed by atoms with Crippen LogP contribution in [0, 0.1) is 0 Å². The third-order valence-corrected chi connectivity index (χ3v) is 2.80. The van der Waals surface area contributed by atoms with Gasteiger partial charge >= 0.3 is 8.25 Å². The summed E-state index contributed by atoms with van der Waals surface area (Å²) in [5.41, 5.74) is 0. The number of rotatable bonds is 4. The first-order valence-electron chi connectivity index (χ1n) is 5.00. The number of nitrogens with one attached hydrogen (secondary N) is 6. The Morgan fingerprint density at radius 2 is 1.19 bits per heavy atom. The Morgan fingerprint density at radius 1 is 0.812 bits per heavy atom. The summed E-state index contributed by atoms with van der Waals surface area (Å²) < 4.78 is 21.7. The van der Waals surface area contributed by atoms with Gasteiger partial charge in [0.25, 0.3) is 0 Å². The van der Waals surface area contributed by atoms with Crippen LogP contribution in [-0.2, 0) is 13.6 Å². The highest BCUT2D eigenvalue weighted by Crippen LogP contribution is 2.25. The quantitative estimate of drug-likeness (QED) is 0.306. The van der Waals surface area contributed by atoms with Gasteiger partial charge in [0.05, 0.1) is 0 Å². The van der Waals surface area contributed by atoms with E-state index in [2.05, 4.69) is 31.9 Å². The van der Waals surface area contributed by atoms with E-state index in [4.69, 9.17) is 9.05 Å². The monoisotopic (exact) mass is 251 g/mol. The molecule has 92 valence electrons. The average molecular weight is 251 g/mol. The van der Waals surface area contributed by atoms with Gasteiger partial charge in [-0.25, -0.2) is 0 Å². The van der Waals surface area contributed by atoms with Crippen LogP contribution < -0.4 is 31.9 Å². The van der Waals surface area contributed by atoms with E-state index >= 15 is 0 Å². The molecule has 2 heterocycles. The minimum absolute atomic E-state index is 0.452. The number of hydrogen-bond acceptors (Lipinski definition) is 9. The topological polar surface area (TPSA) is 108 Å². The lowest BCUT2D eigenvalue weighted by Gasteiger charge is -2.22. The predicted molar refractivity (Wildman–Crippen MR) is 55.6 cm³/mol. The Bertz CT molecular complexity index is 210. The van der Waals surface area contributed by atoms with Crippen LogP contribution in [0.4, 0.5) is 0 Å². The SMILES string of the molecule is O=[P+](OC1NCNCN1)OC1NCNCN1. The van der Waals surface area contributed by atoms with E-state index in [1.165, 1.54) is 0 Å². The van der Waals surface area contributed by atoms with Crippen molar-refractivity contribution >= 4 is 8.25 Å². The maximum atomic E-state index is 11.5. The zero-order valence-electron chi connectivity index (χ0n) is 8.66. The van der Waals surface area contributed by atoms with E-state index < -0.39 is 21.0 Å². The molecule has 0 radical (unpaired) electrons. The number of hydrogen-bond donors (Lipinski definition) is 6.